The molecule has 0 saturated carbocycles. The van der Waals surface area contributed by atoms with Gasteiger partial charge in [-0.2, -0.15) is 0 Å². The normalized spacial score (nSPS) is 12.6. The minimum absolute atomic E-state index is 0.0933. The zero-order valence-electron chi connectivity index (χ0n) is 34.2. The fraction of sp³-hybridized carbons (Fsp3) is 0.681. The molecule has 2 aromatic rings. The summed E-state index contributed by atoms with van der Waals surface area (Å²) in [4.78, 5) is 41.4. The first kappa shape index (κ1) is 45.0. The van der Waals surface area contributed by atoms with Crippen LogP contribution in [0.25, 0.3) is 11.1 Å². The van der Waals surface area contributed by atoms with Crippen LogP contribution in [0.1, 0.15) is 191 Å². The lowest BCUT2D eigenvalue weighted by molar-refractivity contribution is -0.130. The molecule has 3 N–H and O–H groups in total. The maximum atomic E-state index is 13.9. The summed E-state index contributed by atoms with van der Waals surface area (Å²) in [7, 11) is 0. The molecule has 0 unspecified atom stereocenters. The van der Waals surface area contributed by atoms with Crippen molar-refractivity contribution >= 4 is 17.9 Å². The molecule has 0 radical (unpaired) electrons. The van der Waals surface area contributed by atoms with Crippen LogP contribution in [-0.2, 0) is 14.3 Å². The van der Waals surface area contributed by atoms with Crippen molar-refractivity contribution in [3.8, 4) is 11.1 Å². The molecule has 3 rings (SSSR count). The SMILES string of the molecule is CCCCCCCCCCCCCCCCNC(=O)[C@H](CC(N)=O)N(CCCCCCCCCCCC)C(=O)OCC1c2ccccc2-c2ccccc21. The van der Waals surface area contributed by atoms with Gasteiger partial charge in [0.05, 0.1) is 6.42 Å². The Balaban J connectivity index is 1.50. The second-order valence-electron chi connectivity index (χ2n) is 15.8. The number of hydrogen-bond acceptors (Lipinski definition) is 4. The highest BCUT2D eigenvalue weighted by atomic mass is 16.6. The van der Waals surface area contributed by atoms with E-state index in [1.165, 1.54) is 120 Å². The molecule has 0 aliphatic heterocycles. The summed E-state index contributed by atoms with van der Waals surface area (Å²) in [5.41, 5.74) is 10.3. The Kier molecular flexibility index (Phi) is 23.5. The van der Waals surface area contributed by atoms with Gasteiger partial charge in [-0.15, -0.1) is 0 Å². The van der Waals surface area contributed by atoms with Crippen LogP contribution in [0.4, 0.5) is 4.79 Å². The number of hydrogen-bond donors (Lipinski definition) is 2. The monoisotopic (exact) mass is 746 g/mol. The molecule has 54 heavy (non-hydrogen) atoms. The van der Waals surface area contributed by atoms with Gasteiger partial charge in [-0.1, -0.05) is 204 Å². The molecule has 0 fully saturated rings. The largest absolute Gasteiger partial charge is 0.448 e. The third-order valence-corrected chi connectivity index (χ3v) is 11.2. The third kappa shape index (κ3) is 17.0. The molecule has 2 aromatic carbocycles. The molecule has 1 aliphatic rings. The Hall–Kier alpha value is -3.35. The van der Waals surface area contributed by atoms with Gasteiger partial charge in [0.2, 0.25) is 11.8 Å². The lowest BCUT2D eigenvalue weighted by Gasteiger charge is -2.30. The van der Waals surface area contributed by atoms with Crippen molar-refractivity contribution in [1.82, 2.24) is 10.2 Å². The van der Waals surface area contributed by atoms with E-state index in [9.17, 15) is 14.4 Å². The molecular weight excluding hydrogens is 671 g/mol. The standard InChI is InChI=1S/C47H75N3O4/c1-3-5-7-9-11-13-15-16-17-18-19-21-23-29-35-49-46(52)44(37-45(48)51)50(36-30-24-22-20-14-12-10-8-6-4-2)47(53)54-38-43-41-33-27-25-31-39(41)40-32-26-28-34-42(40)43/h25-28,31-34,43-44H,3-24,29-30,35-38H2,1-2H3,(H2,48,51)(H,49,52)/t44-/m0/s1. The number of fused-ring (bicyclic) bond motifs is 3. The topological polar surface area (TPSA) is 102 Å². The average molecular weight is 746 g/mol. The molecule has 1 atom stereocenters. The predicted octanol–water partition coefficient (Wildman–Crippen LogP) is 12.0. The number of nitrogens with zero attached hydrogens (tertiary/aromatic N) is 1. The number of nitrogens with one attached hydrogen (secondary N) is 1. The fourth-order valence-corrected chi connectivity index (χ4v) is 8.00. The molecule has 0 heterocycles. The van der Waals surface area contributed by atoms with E-state index in [2.05, 4.69) is 43.4 Å². The summed E-state index contributed by atoms with van der Waals surface area (Å²) in [6.07, 6.45) is 28.6. The van der Waals surface area contributed by atoms with Gasteiger partial charge in [0.1, 0.15) is 12.6 Å². The van der Waals surface area contributed by atoms with Gasteiger partial charge >= 0.3 is 6.09 Å². The predicted molar refractivity (Wildman–Crippen MR) is 225 cm³/mol. The van der Waals surface area contributed by atoms with Crippen molar-refractivity contribution in [2.45, 2.75) is 186 Å². The van der Waals surface area contributed by atoms with E-state index in [4.69, 9.17) is 10.5 Å². The van der Waals surface area contributed by atoms with Gasteiger partial charge in [0, 0.05) is 19.0 Å². The van der Waals surface area contributed by atoms with Crippen LogP contribution in [0, 0.1) is 0 Å². The van der Waals surface area contributed by atoms with E-state index in [1.807, 2.05) is 24.3 Å². The lowest BCUT2D eigenvalue weighted by atomic mass is 9.98. The quantitative estimate of drug-likeness (QED) is 0.0728. The molecule has 0 bridgehead atoms. The highest BCUT2D eigenvalue weighted by Crippen LogP contribution is 2.44. The van der Waals surface area contributed by atoms with Crippen LogP contribution in [0.2, 0.25) is 0 Å². The highest BCUT2D eigenvalue weighted by molar-refractivity contribution is 5.90. The summed E-state index contributed by atoms with van der Waals surface area (Å²) >= 11 is 0. The van der Waals surface area contributed by atoms with Crippen LogP contribution < -0.4 is 11.1 Å². The number of carbonyl (C=O) groups is 3. The van der Waals surface area contributed by atoms with Crippen LogP contribution in [0.5, 0.6) is 0 Å². The van der Waals surface area contributed by atoms with E-state index in [0.29, 0.717) is 13.1 Å². The number of amides is 3. The maximum Gasteiger partial charge on any atom is 0.410 e. The molecule has 3 amide bonds. The van der Waals surface area contributed by atoms with Crippen molar-refractivity contribution < 1.29 is 19.1 Å². The number of unbranched alkanes of at least 4 members (excludes halogenated alkanes) is 22. The minimum Gasteiger partial charge on any atom is -0.448 e. The maximum absolute atomic E-state index is 13.9. The molecule has 1 aliphatic carbocycles. The highest BCUT2D eigenvalue weighted by Gasteiger charge is 2.34. The Labute approximate surface area is 329 Å². The van der Waals surface area contributed by atoms with Gasteiger partial charge < -0.3 is 15.8 Å². The number of nitrogens with two attached hydrogens (primary N) is 1. The molecule has 0 aromatic heterocycles. The second kappa shape index (κ2) is 28.1. The second-order valence-corrected chi connectivity index (χ2v) is 15.8. The third-order valence-electron chi connectivity index (χ3n) is 11.2. The van der Waals surface area contributed by atoms with Crippen LogP contribution in [0.3, 0.4) is 0 Å². The van der Waals surface area contributed by atoms with E-state index in [-0.39, 0.29) is 24.9 Å². The van der Waals surface area contributed by atoms with E-state index < -0.39 is 18.0 Å². The first-order valence-electron chi connectivity index (χ1n) is 22.2. The first-order valence-corrected chi connectivity index (χ1v) is 22.2. The van der Waals surface area contributed by atoms with Crippen LogP contribution in [-0.4, -0.2) is 48.5 Å². The number of ether oxygens (including phenoxy) is 1. The van der Waals surface area contributed by atoms with Crippen molar-refractivity contribution in [2.75, 3.05) is 19.7 Å². The summed E-state index contributed by atoms with van der Waals surface area (Å²) in [6.45, 7) is 5.53. The Morgan fingerprint density at radius 3 is 1.46 bits per heavy atom. The Morgan fingerprint density at radius 2 is 1.02 bits per heavy atom. The van der Waals surface area contributed by atoms with Crippen molar-refractivity contribution in [3.63, 3.8) is 0 Å². The Morgan fingerprint density at radius 1 is 0.611 bits per heavy atom. The first-order chi connectivity index (χ1) is 26.5. The summed E-state index contributed by atoms with van der Waals surface area (Å²) < 4.78 is 6.04. The van der Waals surface area contributed by atoms with Gasteiger partial charge in [-0.3, -0.25) is 14.5 Å². The van der Waals surface area contributed by atoms with Crippen LogP contribution >= 0.6 is 0 Å². The Bertz CT molecular complexity index is 1280. The average Bonchev–Trinajstić information content (AvgIpc) is 3.50. The lowest BCUT2D eigenvalue weighted by Crippen LogP contribution is -2.52. The van der Waals surface area contributed by atoms with E-state index in [0.717, 1.165) is 60.8 Å². The molecule has 0 spiro atoms. The van der Waals surface area contributed by atoms with Crippen molar-refractivity contribution in [2.24, 2.45) is 5.73 Å². The summed E-state index contributed by atoms with van der Waals surface area (Å²) in [6, 6.07) is 15.5. The number of carbonyl (C=O) groups excluding carboxylic acids is 3. The number of benzene rings is 2. The smallest absolute Gasteiger partial charge is 0.410 e. The van der Waals surface area contributed by atoms with E-state index >= 15 is 0 Å². The van der Waals surface area contributed by atoms with E-state index in [1.54, 1.807) is 0 Å². The zero-order valence-corrected chi connectivity index (χ0v) is 34.2. The molecule has 7 nitrogen and oxygen atoms in total. The minimum atomic E-state index is -0.997. The number of primary amides is 1. The van der Waals surface area contributed by atoms with Crippen LogP contribution in [0.15, 0.2) is 48.5 Å². The van der Waals surface area contributed by atoms with Gasteiger partial charge in [0.15, 0.2) is 0 Å². The van der Waals surface area contributed by atoms with Crippen molar-refractivity contribution in [3.05, 3.63) is 59.7 Å². The molecule has 302 valence electrons. The molecule has 7 heteroatoms. The summed E-state index contributed by atoms with van der Waals surface area (Å²) in [5.74, 6) is -1.03. The van der Waals surface area contributed by atoms with Gasteiger partial charge in [-0.25, -0.2) is 4.79 Å². The summed E-state index contributed by atoms with van der Waals surface area (Å²) in [5, 5.41) is 3.03. The van der Waals surface area contributed by atoms with Gasteiger partial charge in [0.25, 0.3) is 0 Å². The zero-order chi connectivity index (χ0) is 38.6. The molecule has 0 saturated heterocycles. The fourth-order valence-electron chi connectivity index (χ4n) is 8.00. The number of rotatable bonds is 32. The van der Waals surface area contributed by atoms with Crippen molar-refractivity contribution in [1.29, 1.82) is 0 Å². The molecular formula is C47H75N3O4. The van der Waals surface area contributed by atoms with Gasteiger partial charge in [-0.05, 0) is 35.1 Å².